The maximum absolute atomic E-state index is 13.2. The first kappa shape index (κ1) is 22.3. The highest BCUT2D eigenvalue weighted by Gasteiger charge is 2.31. The maximum atomic E-state index is 13.2. The summed E-state index contributed by atoms with van der Waals surface area (Å²) in [5, 5.41) is 6.79. The zero-order valence-corrected chi connectivity index (χ0v) is 19.7. The van der Waals surface area contributed by atoms with Gasteiger partial charge in [-0.1, -0.05) is 30.3 Å². The molecule has 0 radical (unpaired) electrons. The summed E-state index contributed by atoms with van der Waals surface area (Å²) >= 11 is 0. The normalized spacial score (nSPS) is 18.4. The van der Waals surface area contributed by atoms with E-state index in [4.69, 9.17) is 9.47 Å². The van der Waals surface area contributed by atoms with E-state index in [0.717, 1.165) is 55.1 Å². The van der Waals surface area contributed by atoms with Crippen LogP contribution in [0.4, 0.5) is 5.69 Å². The molecular weight excluding hydrogens is 428 g/mol. The molecule has 1 atom stereocenters. The molecule has 1 aliphatic heterocycles. The smallest absolute Gasteiger partial charge is 0.227 e. The standard InChI is InChI=1S/C27H32N4O3/c1-33-25-11-10-22(16-26(25)34-24-8-5-9-24)30-12-13-31(27(32)15-21-17-28-29-18-21)23(19-30)14-20-6-3-2-4-7-20/h2-4,6-7,10-11,16-18,23-24H,5,8-9,12-15,19H2,1H3,(H,28,29). The molecule has 178 valence electrons. The van der Waals surface area contributed by atoms with Crippen molar-refractivity contribution >= 4 is 11.6 Å². The third-order valence-corrected chi connectivity index (χ3v) is 6.89. The number of amides is 1. The molecule has 7 heteroatoms. The van der Waals surface area contributed by atoms with Crippen LogP contribution in [0.15, 0.2) is 60.9 Å². The second-order valence-corrected chi connectivity index (χ2v) is 9.17. The highest BCUT2D eigenvalue weighted by molar-refractivity contribution is 5.79. The molecule has 5 rings (SSSR count). The number of aromatic nitrogens is 2. The number of rotatable bonds is 8. The molecule has 2 heterocycles. The van der Waals surface area contributed by atoms with Gasteiger partial charge in [0, 0.05) is 37.6 Å². The predicted octanol–water partition coefficient (Wildman–Crippen LogP) is 3.85. The monoisotopic (exact) mass is 460 g/mol. The van der Waals surface area contributed by atoms with Gasteiger partial charge < -0.3 is 19.3 Å². The van der Waals surface area contributed by atoms with E-state index in [9.17, 15) is 4.79 Å². The largest absolute Gasteiger partial charge is 0.493 e. The molecule has 1 saturated heterocycles. The first-order valence-corrected chi connectivity index (χ1v) is 12.1. The van der Waals surface area contributed by atoms with Gasteiger partial charge in [0.05, 0.1) is 31.9 Å². The number of hydrogen-bond acceptors (Lipinski definition) is 5. The van der Waals surface area contributed by atoms with E-state index in [2.05, 4.69) is 51.5 Å². The van der Waals surface area contributed by atoms with Gasteiger partial charge in [-0.3, -0.25) is 9.89 Å². The van der Waals surface area contributed by atoms with E-state index in [1.165, 1.54) is 12.0 Å². The molecule has 1 aromatic heterocycles. The number of carbonyl (C=O) groups is 1. The molecule has 1 unspecified atom stereocenters. The van der Waals surface area contributed by atoms with E-state index >= 15 is 0 Å². The van der Waals surface area contributed by atoms with E-state index in [-0.39, 0.29) is 18.1 Å². The summed E-state index contributed by atoms with van der Waals surface area (Å²) in [6.07, 6.45) is 8.41. The van der Waals surface area contributed by atoms with Crippen molar-refractivity contribution in [1.82, 2.24) is 15.1 Å². The SMILES string of the molecule is COc1ccc(N2CCN(C(=O)Cc3cn[nH]c3)C(Cc3ccccc3)C2)cc1OC1CCC1. The molecule has 2 aromatic carbocycles. The molecule has 2 aliphatic rings. The Morgan fingerprint density at radius 2 is 1.94 bits per heavy atom. The van der Waals surface area contributed by atoms with Crippen LogP contribution < -0.4 is 14.4 Å². The van der Waals surface area contributed by atoms with Gasteiger partial charge in [0.25, 0.3) is 0 Å². The van der Waals surface area contributed by atoms with Crippen LogP contribution in [0.3, 0.4) is 0 Å². The highest BCUT2D eigenvalue weighted by atomic mass is 16.5. The molecule has 0 spiro atoms. The number of piperazine rings is 1. The Hall–Kier alpha value is -3.48. The molecule has 0 bridgehead atoms. The van der Waals surface area contributed by atoms with Gasteiger partial charge in [-0.05, 0) is 48.9 Å². The topological polar surface area (TPSA) is 70.7 Å². The number of benzene rings is 2. The third-order valence-electron chi connectivity index (χ3n) is 6.89. The first-order chi connectivity index (χ1) is 16.7. The third kappa shape index (κ3) is 5.03. The number of hydrogen-bond donors (Lipinski definition) is 1. The van der Waals surface area contributed by atoms with Crippen LogP contribution in [0.25, 0.3) is 0 Å². The van der Waals surface area contributed by atoms with Crippen molar-refractivity contribution in [3.05, 3.63) is 72.1 Å². The van der Waals surface area contributed by atoms with Gasteiger partial charge in [0.15, 0.2) is 11.5 Å². The number of methoxy groups -OCH3 is 1. The fourth-order valence-electron chi connectivity index (χ4n) is 4.75. The Morgan fingerprint density at radius 3 is 2.65 bits per heavy atom. The van der Waals surface area contributed by atoms with Gasteiger partial charge >= 0.3 is 0 Å². The fraction of sp³-hybridized carbons (Fsp3) is 0.407. The minimum absolute atomic E-state index is 0.0775. The minimum atomic E-state index is 0.0775. The summed E-state index contributed by atoms with van der Waals surface area (Å²) < 4.78 is 11.8. The van der Waals surface area contributed by atoms with Crippen molar-refractivity contribution < 1.29 is 14.3 Å². The molecule has 2 fully saturated rings. The second-order valence-electron chi connectivity index (χ2n) is 9.17. The van der Waals surface area contributed by atoms with Crippen LogP contribution in [0.1, 0.15) is 30.4 Å². The Kier molecular flexibility index (Phi) is 6.70. The number of nitrogens with zero attached hydrogens (tertiary/aromatic N) is 3. The zero-order valence-electron chi connectivity index (χ0n) is 19.7. The lowest BCUT2D eigenvalue weighted by Gasteiger charge is -2.43. The van der Waals surface area contributed by atoms with E-state index in [1.54, 1.807) is 19.5 Å². The average molecular weight is 461 g/mol. The number of aromatic amines is 1. The number of ether oxygens (including phenoxy) is 2. The van der Waals surface area contributed by atoms with Gasteiger partial charge in [0.2, 0.25) is 5.91 Å². The van der Waals surface area contributed by atoms with E-state index in [0.29, 0.717) is 13.0 Å². The van der Waals surface area contributed by atoms with Crippen LogP contribution in [-0.4, -0.2) is 59.9 Å². The van der Waals surface area contributed by atoms with Crippen LogP contribution in [-0.2, 0) is 17.6 Å². The zero-order chi connectivity index (χ0) is 23.3. The quantitative estimate of drug-likeness (QED) is 0.553. The molecular formula is C27H32N4O3. The first-order valence-electron chi connectivity index (χ1n) is 12.1. The van der Waals surface area contributed by atoms with Gasteiger partial charge in [-0.15, -0.1) is 0 Å². The summed E-state index contributed by atoms with van der Waals surface area (Å²) in [5.74, 6) is 1.72. The molecule has 34 heavy (non-hydrogen) atoms. The highest BCUT2D eigenvalue weighted by Crippen LogP contribution is 2.36. The Balaban J connectivity index is 1.35. The molecule has 1 N–H and O–H groups in total. The van der Waals surface area contributed by atoms with E-state index < -0.39 is 0 Å². The van der Waals surface area contributed by atoms with Crippen molar-refractivity contribution in [2.75, 3.05) is 31.6 Å². The second kappa shape index (κ2) is 10.2. The van der Waals surface area contributed by atoms with Gasteiger partial charge in [-0.2, -0.15) is 5.10 Å². The summed E-state index contributed by atoms with van der Waals surface area (Å²) in [7, 11) is 1.68. The van der Waals surface area contributed by atoms with Crippen LogP contribution in [0.2, 0.25) is 0 Å². The van der Waals surface area contributed by atoms with Crippen molar-refractivity contribution in [2.24, 2.45) is 0 Å². The van der Waals surface area contributed by atoms with E-state index in [1.807, 2.05) is 17.0 Å². The Bertz CT molecular complexity index is 1080. The summed E-state index contributed by atoms with van der Waals surface area (Å²) in [6, 6.07) is 16.7. The lowest BCUT2D eigenvalue weighted by molar-refractivity contribution is -0.133. The number of anilines is 1. The minimum Gasteiger partial charge on any atom is -0.493 e. The van der Waals surface area contributed by atoms with Crippen molar-refractivity contribution in [1.29, 1.82) is 0 Å². The summed E-state index contributed by atoms with van der Waals surface area (Å²) in [6.45, 7) is 2.22. The van der Waals surface area contributed by atoms with Crippen molar-refractivity contribution in [3.63, 3.8) is 0 Å². The van der Waals surface area contributed by atoms with Crippen molar-refractivity contribution in [2.45, 2.75) is 44.2 Å². The number of H-pyrrole nitrogens is 1. The molecule has 7 nitrogen and oxygen atoms in total. The molecule has 1 amide bonds. The van der Waals surface area contributed by atoms with Crippen LogP contribution in [0.5, 0.6) is 11.5 Å². The molecule has 3 aromatic rings. The summed E-state index contributed by atoms with van der Waals surface area (Å²) in [4.78, 5) is 17.6. The number of carbonyl (C=O) groups excluding carboxylic acids is 1. The van der Waals surface area contributed by atoms with Gasteiger partial charge in [-0.25, -0.2) is 0 Å². The molecule has 1 aliphatic carbocycles. The maximum Gasteiger partial charge on any atom is 0.227 e. The average Bonchev–Trinajstić information content (AvgIpc) is 3.35. The fourth-order valence-corrected chi connectivity index (χ4v) is 4.75. The number of nitrogens with one attached hydrogen (secondary N) is 1. The van der Waals surface area contributed by atoms with Crippen LogP contribution in [0, 0.1) is 0 Å². The van der Waals surface area contributed by atoms with Crippen LogP contribution >= 0.6 is 0 Å². The lowest BCUT2D eigenvalue weighted by atomic mass is 9.96. The summed E-state index contributed by atoms with van der Waals surface area (Å²) in [5.41, 5.74) is 3.26. The van der Waals surface area contributed by atoms with Gasteiger partial charge in [0.1, 0.15) is 0 Å². The van der Waals surface area contributed by atoms with Crippen molar-refractivity contribution in [3.8, 4) is 11.5 Å². The lowest BCUT2D eigenvalue weighted by Crippen LogP contribution is -2.56. The molecule has 1 saturated carbocycles. The predicted molar refractivity (Wildman–Crippen MR) is 131 cm³/mol. The Labute approximate surface area is 200 Å². The Morgan fingerprint density at radius 1 is 1.09 bits per heavy atom.